The number of carbonyl (C=O) groups excluding carboxylic acids is 1. The second kappa shape index (κ2) is 9.80. The van der Waals surface area contributed by atoms with Crippen LogP contribution in [0.2, 0.25) is 0 Å². The van der Waals surface area contributed by atoms with Crippen LogP contribution >= 0.6 is 0 Å². The van der Waals surface area contributed by atoms with Crippen LogP contribution in [0.5, 0.6) is 0 Å². The molecule has 2 aromatic carbocycles. The maximum Gasteiger partial charge on any atom is 0.317 e. The number of urea groups is 1. The van der Waals surface area contributed by atoms with Crippen molar-refractivity contribution in [2.75, 3.05) is 39.4 Å². The Balaban J connectivity index is 1.35. The number of benzene rings is 2. The van der Waals surface area contributed by atoms with E-state index in [9.17, 15) is 13.2 Å². The summed E-state index contributed by atoms with van der Waals surface area (Å²) in [5.41, 5.74) is 3.27. The van der Waals surface area contributed by atoms with E-state index in [1.807, 2.05) is 24.3 Å². The number of hydrogen-bond donors (Lipinski definition) is 1. The van der Waals surface area contributed by atoms with Crippen molar-refractivity contribution in [1.29, 1.82) is 0 Å². The zero-order chi connectivity index (χ0) is 21.7. The highest BCUT2D eigenvalue weighted by molar-refractivity contribution is 7.89. The van der Waals surface area contributed by atoms with Crippen molar-refractivity contribution >= 4 is 16.1 Å². The lowest BCUT2D eigenvalue weighted by Gasteiger charge is -2.30. The van der Waals surface area contributed by atoms with E-state index in [4.69, 9.17) is 4.74 Å². The molecule has 0 saturated carbocycles. The van der Waals surface area contributed by atoms with Crippen molar-refractivity contribution in [2.24, 2.45) is 0 Å². The first kappa shape index (κ1) is 21.8. The van der Waals surface area contributed by atoms with E-state index in [2.05, 4.69) is 17.4 Å². The van der Waals surface area contributed by atoms with Gasteiger partial charge >= 0.3 is 6.03 Å². The highest BCUT2D eigenvalue weighted by Gasteiger charge is 2.28. The molecule has 1 N–H and O–H groups in total. The molecule has 4 rings (SSSR count). The third kappa shape index (κ3) is 5.26. The van der Waals surface area contributed by atoms with Crippen LogP contribution in [0.25, 0.3) is 0 Å². The topological polar surface area (TPSA) is 79.0 Å². The standard InChI is InChI=1S/C23H29N3O4S/c27-23(24-11-4-7-19-5-2-1-3-6-19)25-12-10-20-8-9-22(17-21(20)18-25)31(28,29)26-13-15-30-16-14-26/h1-3,5-6,8-9,17H,4,7,10-16,18H2,(H,24,27). The van der Waals surface area contributed by atoms with Gasteiger partial charge in [0.1, 0.15) is 0 Å². The molecule has 0 bridgehead atoms. The van der Waals surface area contributed by atoms with Crippen molar-refractivity contribution in [3.05, 3.63) is 65.2 Å². The van der Waals surface area contributed by atoms with Crippen LogP contribution in [0.15, 0.2) is 53.4 Å². The maximum absolute atomic E-state index is 13.0. The van der Waals surface area contributed by atoms with Crippen molar-refractivity contribution in [3.63, 3.8) is 0 Å². The summed E-state index contributed by atoms with van der Waals surface area (Å²) in [6.45, 7) is 3.25. The molecule has 2 aliphatic heterocycles. The van der Waals surface area contributed by atoms with Gasteiger partial charge in [0, 0.05) is 32.7 Å². The highest BCUT2D eigenvalue weighted by atomic mass is 32.2. The van der Waals surface area contributed by atoms with Gasteiger partial charge in [0.25, 0.3) is 0 Å². The zero-order valence-electron chi connectivity index (χ0n) is 17.6. The summed E-state index contributed by atoms with van der Waals surface area (Å²) >= 11 is 0. The molecule has 2 aliphatic rings. The minimum absolute atomic E-state index is 0.0971. The molecule has 0 atom stereocenters. The fourth-order valence-corrected chi connectivity index (χ4v) is 5.51. The van der Waals surface area contributed by atoms with Crippen molar-refractivity contribution in [1.82, 2.24) is 14.5 Å². The van der Waals surface area contributed by atoms with Crippen LogP contribution in [-0.4, -0.2) is 63.0 Å². The lowest BCUT2D eigenvalue weighted by atomic mass is 10.0. The van der Waals surface area contributed by atoms with Crippen molar-refractivity contribution in [3.8, 4) is 0 Å². The van der Waals surface area contributed by atoms with Gasteiger partial charge in [-0.3, -0.25) is 0 Å². The third-order valence-corrected chi connectivity index (χ3v) is 7.74. The first-order valence-corrected chi connectivity index (χ1v) is 12.2. The van der Waals surface area contributed by atoms with Gasteiger partial charge in [-0.15, -0.1) is 0 Å². The Hall–Kier alpha value is -2.42. The minimum Gasteiger partial charge on any atom is -0.379 e. The number of nitrogens with zero attached hydrogens (tertiary/aromatic N) is 2. The number of aryl methyl sites for hydroxylation is 1. The van der Waals surface area contributed by atoms with Gasteiger partial charge in [0.2, 0.25) is 10.0 Å². The zero-order valence-corrected chi connectivity index (χ0v) is 18.4. The van der Waals surface area contributed by atoms with Gasteiger partial charge in [0.05, 0.1) is 18.1 Å². The molecule has 0 aromatic heterocycles. The summed E-state index contributed by atoms with van der Waals surface area (Å²) in [7, 11) is -3.54. The van der Waals surface area contributed by atoms with Crippen molar-refractivity contribution < 1.29 is 17.9 Å². The molecule has 0 unspecified atom stereocenters. The number of hydrogen-bond acceptors (Lipinski definition) is 4. The monoisotopic (exact) mass is 443 g/mol. The number of carbonyl (C=O) groups is 1. The number of nitrogens with one attached hydrogen (secondary N) is 1. The van der Waals surface area contributed by atoms with Gasteiger partial charge in [-0.2, -0.15) is 4.31 Å². The summed E-state index contributed by atoms with van der Waals surface area (Å²) in [4.78, 5) is 14.7. The molecule has 7 nitrogen and oxygen atoms in total. The van der Waals surface area contributed by atoms with Crippen LogP contribution in [0.1, 0.15) is 23.1 Å². The molecule has 2 aromatic rings. The van der Waals surface area contributed by atoms with Gasteiger partial charge < -0.3 is 15.0 Å². The van der Waals surface area contributed by atoms with E-state index >= 15 is 0 Å². The Bertz CT molecular complexity index is 1000. The highest BCUT2D eigenvalue weighted by Crippen LogP contribution is 2.25. The summed E-state index contributed by atoms with van der Waals surface area (Å²) in [5.74, 6) is 0. The second-order valence-corrected chi connectivity index (χ2v) is 9.88. The summed E-state index contributed by atoms with van der Waals surface area (Å²) in [6.07, 6.45) is 2.53. The molecular weight excluding hydrogens is 414 g/mol. The third-order valence-electron chi connectivity index (χ3n) is 5.85. The van der Waals surface area contributed by atoms with E-state index in [0.717, 1.165) is 30.4 Å². The molecule has 166 valence electrons. The number of fused-ring (bicyclic) bond motifs is 1. The molecule has 1 fully saturated rings. The first-order chi connectivity index (χ1) is 15.0. The van der Waals surface area contributed by atoms with Crippen LogP contribution < -0.4 is 5.32 Å². The Morgan fingerprint density at radius 1 is 1.00 bits per heavy atom. The molecule has 8 heteroatoms. The molecule has 2 amide bonds. The Morgan fingerprint density at radius 2 is 1.77 bits per heavy atom. The van der Waals surface area contributed by atoms with Gasteiger partial charge in [-0.25, -0.2) is 13.2 Å². The van der Waals surface area contributed by atoms with Gasteiger partial charge in [-0.1, -0.05) is 36.4 Å². The lowest BCUT2D eigenvalue weighted by Crippen LogP contribution is -2.43. The molecule has 2 heterocycles. The second-order valence-electron chi connectivity index (χ2n) is 7.94. The molecular formula is C23H29N3O4S. The summed E-state index contributed by atoms with van der Waals surface area (Å²) < 4.78 is 32.7. The van der Waals surface area contributed by atoms with Crippen LogP contribution in [-0.2, 0) is 34.1 Å². The smallest absolute Gasteiger partial charge is 0.317 e. The van der Waals surface area contributed by atoms with E-state index in [1.54, 1.807) is 17.0 Å². The van der Waals surface area contributed by atoms with E-state index in [-0.39, 0.29) is 6.03 Å². The Morgan fingerprint density at radius 3 is 2.55 bits per heavy atom. The van der Waals surface area contributed by atoms with E-state index in [0.29, 0.717) is 50.8 Å². The molecule has 0 spiro atoms. The van der Waals surface area contributed by atoms with Crippen LogP contribution in [0.4, 0.5) is 4.79 Å². The molecule has 31 heavy (non-hydrogen) atoms. The average molecular weight is 444 g/mol. The number of sulfonamides is 1. The number of ether oxygens (including phenoxy) is 1. The van der Waals surface area contributed by atoms with E-state index < -0.39 is 10.0 Å². The van der Waals surface area contributed by atoms with Gasteiger partial charge in [0.15, 0.2) is 0 Å². The quantitative estimate of drug-likeness (QED) is 0.696. The minimum atomic E-state index is -3.54. The largest absolute Gasteiger partial charge is 0.379 e. The predicted molar refractivity (Wildman–Crippen MR) is 118 cm³/mol. The fraction of sp³-hybridized carbons (Fsp3) is 0.435. The maximum atomic E-state index is 13.0. The summed E-state index contributed by atoms with van der Waals surface area (Å²) in [5, 5.41) is 3.00. The Labute approximate surface area is 184 Å². The fourth-order valence-electron chi connectivity index (χ4n) is 4.05. The van der Waals surface area contributed by atoms with Crippen LogP contribution in [0, 0.1) is 0 Å². The SMILES string of the molecule is O=C(NCCCc1ccccc1)N1CCc2ccc(S(=O)(=O)N3CCOCC3)cc2C1. The molecule has 0 radical (unpaired) electrons. The number of morpholine rings is 1. The molecule has 1 saturated heterocycles. The summed E-state index contributed by atoms with van der Waals surface area (Å²) in [6, 6.07) is 15.4. The lowest BCUT2D eigenvalue weighted by molar-refractivity contribution is 0.0730. The number of amides is 2. The van der Waals surface area contributed by atoms with Gasteiger partial charge in [-0.05, 0) is 48.1 Å². The first-order valence-electron chi connectivity index (χ1n) is 10.8. The van der Waals surface area contributed by atoms with Crippen molar-refractivity contribution in [2.45, 2.75) is 30.7 Å². The average Bonchev–Trinajstić information content (AvgIpc) is 2.82. The number of rotatable bonds is 6. The van der Waals surface area contributed by atoms with E-state index in [1.165, 1.54) is 9.87 Å². The van der Waals surface area contributed by atoms with Crippen LogP contribution in [0.3, 0.4) is 0 Å². The molecule has 0 aliphatic carbocycles. The predicted octanol–water partition coefficient (Wildman–Crippen LogP) is 2.41. The normalized spacial score (nSPS) is 17.2. The Kier molecular flexibility index (Phi) is 6.89.